The van der Waals surface area contributed by atoms with E-state index in [4.69, 9.17) is 0 Å². The van der Waals surface area contributed by atoms with Gasteiger partial charge in [-0.05, 0) is 12.8 Å². The molecule has 0 aliphatic carbocycles. The molecule has 0 saturated carbocycles. The van der Waals surface area contributed by atoms with Gasteiger partial charge in [-0.15, -0.1) is 0 Å². The molecule has 116 valence electrons. The molecule has 0 N–H and O–H groups in total. The van der Waals surface area contributed by atoms with Crippen molar-refractivity contribution in [1.29, 1.82) is 0 Å². The van der Waals surface area contributed by atoms with Crippen LogP contribution in [0.1, 0.15) is 39.0 Å². The molecule has 0 heterocycles. The van der Waals surface area contributed by atoms with Crippen LogP contribution in [0, 0.1) is 0 Å². The molecule has 0 amide bonds. The lowest BCUT2D eigenvalue weighted by molar-refractivity contribution is -0.384. The second kappa shape index (κ2) is 5.78. The van der Waals surface area contributed by atoms with Crippen molar-refractivity contribution in [2.24, 2.45) is 0 Å². The fourth-order valence-corrected chi connectivity index (χ4v) is 1.50. The molecule has 9 heteroatoms. The van der Waals surface area contributed by atoms with Crippen LogP contribution < -0.4 is 0 Å². The highest BCUT2D eigenvalue weighted by molar-refractivity contribution is 5.03. The van der Waals surface area contributed by atoms with E-state index in [0.717, 1.165) is 0 Å². The van der Waals surface area contributed by atoms with E-state index < -0.39 is 36.8 Å². The van der Waals surface area contributed by atoms with E-state index in [1.165, 1.54) is 0 Å². The molecule has 1 unspecified atom stereocenters. The summed E-state index contributed by atoms with van der Waals surface area (Å²) in [6.07, 6.45) is -14.7. The molecule has 0 aliphatic heterocycles. The Bertz CT molecular complexity index is 278. The SMILES string of the molecule is CCCCCCC(F)(C(F)(F)F)C(F)(F)C(F)(F)F. The normalized spacial score (nSPS) is 17.4. The Morgan fingerprint density at radius 2 is 1.11 bits per heavy atom. The van der Waals surface area contributed by atoms with Crippen LogP contribution in [0.15, 0.2) is 0 Å². The number of hydrogen-bond donors (Lipinski definition) is 0. The Balaban J connectivity index is 5.21. The molecule has 0 saturated heterocycles. The first kappa shape index (κ1) is 18.4. The van der Waals surface area contributed by atoms with Gasteiger partial charge in [-0.2, -0.15) is 35.1 Å². The molecule has 0 aliphatic rings. The maximum atomic E-state index is 13.4. The Morgan fingerprint density at radius 3 is 1.42 bits per heavy atom. The lowest BCUT2D eigenvalue weighted by Gasteiger charge is -2.35. The van der Waals surface area contributed by atoms with E-state index in [-0.39, 0.29) is 6.42 Å². The van der Waals surface area contributed by atoms with Crippen LogP contribution in [0.5, 0.6) is 0 Å². The first-order chi connectivity index (χ1) is 8.31. The molecule has 0 fully saturated rings. The summed E-state index contributed by atoms with van der Waals surface area (Å²) in [5.74, 6) is -6.47. The van der Waals surface area contributed by atoms with Crippen molar-refractivity contribution < 1.29 is 39.5 Å². The minimum atomic E-state index is -6.60. The number of rotatable bonds is 6. The van der Waals surface area contributed by atoms with Gasteiger partial charge in [0.2, 0.25) is 0 Å². The minimum absolute atomic E-state index is 0.0494. The summed E-state index contributed by atoms with van der Waals surface area (Å²) >= 11 is 0. The monoisotopic (exact) mass is 304 g/mol. The fraction of sp³-hybridized carbons (Fsp3) is 1.00. The smallest absolute Gasteiger partial charge is 0.227 e. The Hall–Kier alpha value is -0.630. The maximum Gasteiger partial charge on any atom is 0.457 e. The zero-order valence-electron chi connectivity index (χ0n) is 9.94. The van der Waals surface area contributed by atoms with Gasteiger partial charge < -0.3 is 0 Å². The van der Waals surface area contributed by atoms with E-state index in [0.29, 0.717) is 12.8 Å². The fourth-order valence-electron chi connectivity index (χ4n) is 1.50. The number of unbranched alkanes of at least 4 members (excludes halogenated alkanes) is 3. The van der Waals surface area contributed by atoms with Crippen LogP contribution in [0.3, 0.4) is 0 Å². The van der Waals surface area contributed by atoms with Crippen LogP contribution in [0.2, 0.25) is 0 Å². The van der Waals surface area contributed by atoms with Crippen LogP contribution in [-0.4, -0.2) is 23.9 Å². The van der Waals surface area contributed by atoms with Gasteiger partial charge in [-0.1, -0.05) is 26.2 Å². The van der Waals surface area contributed by atoms with Crippen molar-refractivity contribution in [3.63, 3.8) is 0 Å². The molecule has 0 spiro atoms. The predicted molar refractivity (Wildman–Crippen MR) is 49.7 cm³/mol. The molecule has 0 rings (SSSR count). The standard InChI is InChI=1S/C10H13F9/c1-2-3-4-5-6-7(11,9(14,15)16)8(12,13)10(17,18)19/h2-6H2,1H3. The van der Waals surface area contributed by atoms with Crippen molar-refractivity contribution >= 4 is 0 Å². The van der Waals surface area contributed by atoms with Gasteiger partial charge in [0.15, 0.2) is 0 Å². The topological polar surface area (TPSA) is 0 Å². The zero-order valence-corrected chi connectivity index (χ0v) is 9.94. The van der Waals surface area contributed by atoms with Crippen molar-refractivity contribution in [2.75, 3.05) is 0 Å². The predicted octanol–water partition coefficient (Wildman–Crippen LogP) is 5.43. The summed E-state index contributed by atoms with van der Waals surface area (Å²) in [7, 11) is 0. The summed E-state index contributed by atoms with van der Waals surface area (Å²) in [5.41, 5.74) is -5.59. The third kappa shape index (κ3) is 3.68. The van der Waals surface area contributed by atoms with Gasteiger partial charge >= 0.3 is 18.3 Å². The number of halogens is 9. The molecule has 0 bridgehead atoms. The molecule has 0 nitrogen and oxygen atoms in total. The largest absolute Gasteiger partial charge is 0.457 e. The molecular formula is C10H13F9. The van der Waals surface area contributed by atoms with Gasteiger partial charge in [0.05, 0.1) is 0 Å². The average molecular weight is 304 g/mol. The van der Waals surface area contributed by atoms with Crippen molar-refractivity contribution in [3.05, 3.63) is 0 Å². The number of hydrogen-bond acceptors (Lipinski definition) is 0. The molecule has 19 heavy (non-hydrogen) atoms. The molecule has 0 aromatic carbocycles. The molecule has 1 atom stereocenters. The minimum Gasteiger partial charge on any atom is -0.227 e. The third-order valence-corrected chi connectivity index (χ3v) is 2.68. The Labute approximate surface area is 104 Å². The first-order valence-corrected chi connectivity index (χ1v) is 5.51. The lowest BCUT2D eigenvalue weighted by atomic mass is 9.89. The summed E-state index contributed by atoms with van der Waals surface area (Å²) < 4.78 is 112. The van der Waals surface area contributed by atoms with Crippen LogP contribution in [-0.2, 0) is 0 Å². The summed E-state index contributed by atoms with van der Waals surface area (Å²) in [5, 5.41) is 0. The van der Waals surface area contributed by atoms with Crippen molar-refractivity contribution in [2.45, 2.75) is 63.0 Å². The van der Waals surface area contributed by atoms with Gasteiger partial charge in [-0.3, -0.25) is 0 Å². The quantitative estimate of drug-likeness (QED) is 0.454. The average Bonchev–Trinajstić information content (AvgIpc) is 2.20. The van der Waals surface area contributed by atoms with Crippen molar-refractivity contribution in [1.82, 2.24) is 0 Å². The van der Waals surface area contributed by atoms with E-state index in [1.807, 2.05) is 0 Å². The highest BCUT2D eigenvalue weighted by atomic mass is 19.4. The van der Waals surface area contributed by atoms with E-state index in [2.05, 4.69) is 0 Å². The second-order valence-corrected chi connectivity index (χ2v) is 4.18. The highest BCUT2D eigenvalue weighted by Gasteiger charge is 2.80. The maximum absolute atomic E-state index is 13.4. The molecule has 0 radical (unpaired) electrons. The highest BCUT2D eigenvalue weighted by Crippen LogP contribution is 2.54. The molecule has 0 aromatic heterocycles. The second-order valence-electron chi connectivity index (χ2n) is 4.18. The van der Waals surface area contributed by atoms with Gasteiger partial charge in [-0.25, -0.2) is 4.39 Å². The van der Waals surface area contributed by atoms with Crippen LogP contribution in [0.25, 0.3) is 0 Å². The molecular weight excluding hydrogens is 291 g/mol. The first-order valence-electron chi connectivity index (χ1n) is 5.51. The van der Waals surface area contributed by atoms with E-state index in [9.17, 15) is 39.5 Å². The van der Waals surface area contributed by atoms with E-state index in [1.54, 1.807) is 6.92 Å². The van der Waals surface area contributed by atoms with Gasteiger partial charge in [0.1, 0.15) is 0 Å². The van der Waals surface area contributed by atoms with Crippen LogP contribution in [0.4, 0.5) is 39.5 Å². The van der Waals surface area contributed by atoms with Crippen molar-refractivity contribution in [3.8, 4) is 0 Å². The van der Waals surface area contributed by atoms with Gasteiger partial charge in [0.25, 0.3) is 5.67 Å². The Kier molecular flexibility index (Phi) is 5.59. The number of alkyl halides is 9. The summed E-state index contributed by atoms with van der Waals surface area (Å²) in [6.45, 7) is 1.65. The lowest BCUT2D eigenvalue weighted by Crippen LogP contribution is -2.62. The Morgan fingerprint density at radius 1 is 0.632 bits per heavy atom. The van der Waals surface area contributed by atoms with Gasteiger partial charge in [0, 0.05) is 0 Å². The third-order valence-electron chi connectivity index (χ3n) is 2.68. The van der Waals surface area contributed by atoms with Crippen LogP contribution >= 0.6 is 0 Å². The van der Waals surface area contributed by atoms with E-state index >= 15 is 0 Å². The summed E-state index contributed by atoms with van der Waals surface area (Å²) in [6, 6.07) is 0. The summed E-state index contributed by atoms with van der Waals surface area (Å²) in [4.78, 5) is 0. The zero-order chi connectivity index (χ0) is 15.5. The molecule has 0 aromatic rings.